The van der Waals surface area contributed by atoms with Crippen molar-refractivity contribution < 1.29 is 22.7 Å². The number of anilines is 3. The van der Waals surface area contributed by atoms with E-state index in [4.69, 9.17) is 9.84 Å². The maximum Gasteiger partial charge on any atom is 0.417 e. The van der Waals surface area contributed by atoms with Crippen molar-refractivity contribution in [2.45, 2.75) is 69.4 Å². The molecule has 238 valence electrons. The molecule has 5 heterocycles. The van der Waals surface area contributed by atoms with Crippen LogP contribution in [0, 0.1) is 0 Å². The van der Waals surface area contributed by atoms with Crippen molar-refractivity contribution in [3.8, 4) is 0 Å². The Bertz CT molecular complexity index is 1480. The topological polar surface area (TPSA) is 72.4 Å². The summed E-state index contributed by atoms with van der Waals surface area (Å²) in [7, 11) is 7.35. The molecule has 0 radical (unpaired) electrons. The number of urea groups is 1. The molecule has 5 aliphatic rings. The lowest BCUT2D eigenvalue weighted by atomic mass is 9.93. The van der Waals surface area contributed by atoms with Crippen molar-refractivity contribution in [2.24, 2.45) is 0 Å². The SMILES string of the molecule is CNC(=O)N1CCc2c(c(N3c4cc(C(F)(F)F)c(C5=CN(C)N(C)C5)cc4N(C)[C@H]4CCCC43)nn2C2CCOCC2)C1. The zero-order valence-electron chi connectivity index (χ0n) is 25.8. The summed E-state index contributed by atoms with van der Waals surface area (Å²) in [5.41, 5.74) is 3.55. The number of nitrogens with one attached hydrogen (secondary N) is 1. The number of alkyl halides is 3. The highest BCUT2D eigenvalue weighted by Gasteiger charge is 2.46. The summed E-state index contributed by atoms with van der Waals surface area (Å²) < 4.78 is 52.4. The Morgan fingerprint density at radius 1 is 1.02 bits per heavy atom. The fourth-order valence-corrected chi connectivity index (χ4v) is 7.92. The van der Waals surface area contributed by atoms with Gasteiger partial charge in [-0.05, 0) is 55.4 Å². The molecule has 2 fully saturated rings. The van der Waals surface area contributed by atoms with E-state index in [9.17, 15) is 18.0 Å². The first kappa shape index (κ1) is 29.3. The second kappa shape index (κ2) is 10.9. The molecule has 1 N–H and O–H groups in total. The number of hydrogen-bond acceptors (Lipinski definition) is 7. The maximum atomic E-state index is 14.9. The van der Waals surface area contributed by atoms with Gasteiger partial charge in [-0.25, -0.2) is 9.80 Å². The molecule has 4 aliphatic heterocycles. The van der Waals surface area contributed by atoms with Gasteiger partial charge in [-0.3, -0.25) is 4.68 Å². The van der Waals surface area contributed by atoms with Crippen LogP contribution in [0.1, 0.15) is 60.5 Å². The molecule has 1 saturated heterocycles. The molecule has 7 rings (SSSR count). The van der Waals surface area contributed by atoms with Crippen LogP contribution in [0.15, 0.2) is 18.3 Å². The number of aromatic nitrogens is 2. The van der Waals surface area contributed by atoms with Crippen molar-refractivity contribution >= 4 is 28.8 Å². The molecule has 44 heavy (non-hydrogen) atoms. The van der Waals surface area contributed by atoms with Gasteiger partial charge in [-0.15, -0.1) is 0 Å². The highest BCUT2D eigenvalue weighted by Crippen LogP contribution is 2.52. The predicted molar refractivity (Wildman–Crippen MR) is 162 cm³/mol. The van der Waals surface area contributed by atoms with Gasteiger partial charge in [0.1, 0.15) is 0 Å². The van der Waals surface area contributed by atoms with E-state index in [1.54, 1.807) is 24.2 Å². The van der Waals surface area contributed by atoms with Crippen LogP contribution in [0.5, 0.6) is 0 Å². The highest BCUT2D eigenvalue weighted by molar-refractivity contribution is 5.87. The summed E-state index contributed by atoms with van der Waals surface area (Å²) in [5.74, 6) is 0.687. The van der Waals surface area contributed by atoms with Gasteiger partial charge in [0.2, 0.25) is 0 Å². The van der Waals surface area contributed by atoms with Gasteiger partial charge in [0.15, 0.2) is 5.82 Å². The molecule has 1 unspecified atom stereocenters. The van der Waals surface area contributed by atoms with E-state index in [1.807, 2.05) is 31.2 Å². The molecule has 1 aliphatic carbocycles. The Labute approximate surface area is 255 Å². The third kappa shape index (κ3) is 4.70. The van der Waals surface area contributed by atoms with E-state index in [0.717, 1.165) is 49.0 Å². The minimum Gasteiger partial charge on any atom is -0.381 e. The molecule has 10 nitrogen and oxygen atoms in total. The minimum atomic E-state index is -4.54. The Morgan fingerprint density at radius 3 is 2.45 bits per heavy atom. The lowest BCUT2D eigenvalue weighted by Gasteiger charge is -2.46. The second-order valence-corrected chi connectivity index (χ2v) is 12.7. The number of nitrogens with zero attached hydrogens (tertiary/aromatic N) is 7. The standard InChI is InChI=1S/C31H41F3N8O2/c1-35-30(43)40-11-8-24-22(18-40)29(36-42(24)20-9-12-44-13-10-20)41-26-7-5-6-25(26)39(4)27-14-21(19-16-37(2)38(3)17-19)23(15-28(27)41)31(32,33)34/h14-16,20,25-26H,5-13,17-18H2,1-4H3,(H,35,43)/t25-,26?/m0/s1. The van der Waals surface area contributed by atoms with Gasteiger partial charge in [0, 0.05) is 84.4 Å². The lowest BCUT2D eigenvalue weighted by molar-refractivity contribution is -0.137. The summed E-state index contributed by atoms with van der Waals surface area (Å²) in [4.78, 5) is 18.8. The van der Waals surface area contributed by atoms with Crippen LogP contribution in [0.25, 0.3) is 5.57 Å². The van der Waals surface area contributed by atoms with Gasteiger partial charge in [-0.2, -0.15) is 18.3 Å². The van der Waals surface area contributed by atoms with Crippen molar-refractivity contribution in [1.29, 1.82) is 0 Å². The van der Waals surface area contributed by atoms with Crippen LogP contribution in [0.2, 0.25) is 0 Å². The summed E-state index contributed by atoms with van der Waals surface area (Å²) in [5, 5.41) is 11.7. The number of halogens is 3. The molecule has 0 bridgehead atoms. The molecule has 2 amide bonds. The number of carbonyl (C=O) groups is 1. The number of hydrazine groups is 1. The molecule has 1 aromatic carbocycles. The van der Waals surface area contributed by atoms with Crippen LogP contribution >= 0.6 is 0 Å². The monoisotopic (exact) mass is 614 g/mol. The number of benzene rings is 1. The molecular formula is C31H41F3N8O2. The average Bonchev–Trinajstić information content (AvgIpc) is 3.74. The zero-order chi connectivity index (χ0) is 30.9. The van der Waals surface area contributed by atoms with Gasteiger partial charge in [0.05, 0.1) is 35.6 Å². The summed E-state index contributed by atoms with van der Waals surface area (Å²) >= 11 is 0. The third-order valence-corrected chi connectivity index (χ3v) is 10.3. The Balaban J connectivity index is 1.42. The predicted octanol–water partition coefficient (Wildman–Crippen LogP) is 4.59. The number of amides is 2. The van der Waals surface area contributed by atoms with E-state index in [2.05, 4.69) is 19.8 Å². The number of carbonyl (C=O) groups excluding carboxylic acids is 1. The van der Waals surface area contributed by atoms with Crippen LogP contribution in [-0.4, -0.2) is 97.3 Å². The van der Waals surface area contributed by atoms with Crippen LogP contribution in [0.4, 0.5) is 35.2 Å². The molecular weight excluding hydrogens is 573 g/mol. The lowest BCUT2D eigenvalue weighted by Crippen LogP contribution is -2.51. The van der Waals surface area contributed by atoms with Crippen molar-refractivity contribution in [3.05, 3.63) is 40.7 Å². The maximum absolute atomic E-state index is 14.9. The van der Waals surface area contributed by atoms with Gasteiger partial charge in [-0.1, -0.05) is 0 Å². The van der Waals surface area contributed by atoms with E-state index in [-0.39, 0.29) is 29.7 Å². The van der Waals surface area contributed by atoms with E-state index < -0.39 is 11.7 Å². The average molecular weight is 615 g/mol. The van der Waals surface area contributed by atoms with E-state index in [1.165, 1.54) is 6.07 Å². The largest absolute Gasteiger partial charge is 0.417 e. The zero-order valence-corrected chi connectivity index (χ0v) is 25.8. The first-order valence-corrected chi connectivity index (χ1v) is 15.6. The van der Waals surface area contributed by atoms with Gasteiger partial charge < -0.3 is 29.8 Å². The van der Waals surface area contributed by atoms with Crippen LogP contribution in [0.3, 0.4) is 0 Å². The number of likely N-dealkylation sites (N-methyl/N-ethyl adjacent to an activating group) is 2. The van der Waals surface area contributed by atoms with Crippen LogP contribution in [-0.2, 0) is 23.9 Å². The fraction of sp³-hybridized carbons (Fsp3) is 0.613. The fourth-order valence-electron chi connectivity index (χ4n) is 7.92. The summed E-state index contributed by atoms with van der Waals surface area (Å²) in [6.07, 6.45) is 2.34. The smallest absolute Gasteiger partial charge is 0.381 e. The first-order chi connectivity index (χ1) is 21.1. The van der Waals surface area contributed by atoms with E-state index in [0.29, 0.717) is 56.3 Å². The molecule has 13 heteroatoms. The number of rotatable bonds is 3. The van der Waals surface area contributed by atoms with Crippen LogP contribution < -0.4 is 15.1 Å². The summed E-state index contributed by atoms with van der Waals surface area (Å²) in [6, 6.07) is 3.20. The van der Waals surface area contributed by atoms with Gasteiger partial charge >= 0.3 is 12.2 Å². The number of hydrogen-bond donors (Lipinski definition) is 1. The second-order valence-electron chi connectivity index (χ2n) is 12.7. The quantitative estimate of drug-likeness (QED) is 0.542. The van der Waals surface area contributed by atoms with Crippen molar-refractivity contribution in [2.75, 3.05) is 64.3 Å². The van der Waals surface area contributed by atoms with E-state index >= 15 is 0 Å². The Hall–Kier alpha value is -3.45. The first-order valence-electron chi connectivity index (χ1n) is 15.6. The number of fused-ring (bicyclic) bond motifs is 3. The highest BCUT2D eigenvalue weighted by atomic mass is 19.4. The van der Waals surface area contributed by atoms with Crippen molar-refractivity contribution in [3.63, 3.8) is 0 Å². The summed E-state index contributed by atoms with van der Waals surface area (Å²) in [6.45, 7) is 2.63. The molecule has 1 saturated carbocycles. The molecule has 0 spiro atoms. The molecule has 1 aromatic heterocycles. The number of ether oxygens (including phenoxy) is 1. The van der Waals surface area contributed by atoms with Crippen molar-refractivity contribution in [1.82, 2.24) is 30.0 Å². The molecule has 2 aromatic rings. The Morgan fingerprint density at radius 2 is 1.77 bits per heavy atom. The Kier molecular flexibility index (Phi) is 7.23. The molecule has 2 atom stereocenters. The minimum absolute atomic E-state index is 0.0279. The third-order valence-electron chi connectivity index (χ3n) is 10.3. The normalized spacial score (nSPS) is 24.4. The van der Waals surface area contributed by atoms with Gasteiger partial charge in [0.25, 0.3) is 0 Å².